The standard InChI is InChI=1S/C21H18OS2/c1-13-3-7-15(8-4-13)19-17-11-12-18-20(23-24(22-19)21(17)18)16-9-5-14(2)6-10-16/h3-10H,11-12H2,1-2H3. The molecule has 3 heteroatoms. The topological polar surface area (TPSA) is 9.23 Å². The van der Waals surface area contributed by atoms with Crippen molar-refractivity contribution in [1.29, 1.82) is 0 Å². The van der Waals surface area contributed by atoms with Gasteiger partial charge in [0, 0.05) is 16.0 Å². The Labute approximate surface area is 149 Å². The van der Waals surface area contributed by atoms with E-state index in [1.807, 2.05) is 10.8 Å². The van der Waals surface area contributed by atoms with Gasteiger partial charge < -0.3 is 4.18 Å². The van der Waals surface area contributed by atoms with Crippen molar-refractivity contribution >= 4 is 36.1 Å². The highest BCUT2D eigenvalue weighted by Gasteiger charge is 2.40. The monoisotopic (exact) mass is 350 g/mol. The largest absolute Gasteiger partial charge is 0.422 e. The predicted molar refractivity (Wildman–Crippen MR) is 107 cm³/mol. The van der Waals surface area contributed by atoms with E-state index < -0.39 is 0 Å². The van der Waals surface area contributed by atoms with Crippen LogP contribution in [0.3, 0.4) is 0 Å². The average molecular weight is 351 g/mol. The maximum atomic E-state index is 6.41. The van der Waals surface area contributed by atoms with Crippen LogP contribution in [0, 0.1) is 13.8 Å². The second-order valence-corrected chi connectivity index (χ2v) is 9.61. The number of allylic oxidation sites excluding steroid dienone is 2. The maximum absolute atomic E-state index is 6.41. The van der Waals surface area contributed by atoms with Gasteiger partial charge in [-0.1, -0.05) is 59.7 Å². The van der Waals surface area contributed by atoms with Crippen LogP contribution in [-0.2, 0) is 4.18 Å². The SMILES string of the molecule is Cc1ccc(C2=C3CCC4=C(c5ccc(C)cc5)SS(=C34)O2)cc1. The normalized spacial score (nSPS) is 21.6. The summed E-state index contributed by atoms with van der Waals surface area (Å²) in [6.07, 6.45) is 2.27. The van der Waals surface area contributed by atoms with Gasteiger partial charge in [-0.15, -0.1) is 0 Å². The minimum Gasteiger partial charge on any atom is -0.422 e. The van der Waals surface area contributed by atoms with Gasteiger partial charge in [-0.3, -0.25) is 0 Å². The fourth-order valence-electron chi connectivity index (χ4n) is 3.50. The highest BCUT2D eigenvalue weighted by Crippen LogP contribution is 2.63. The van der Waals surface area contributed by atoms with Crippen molar-refractivity contribution < 1.29 is 4.18 Å². The molecule has 2 aromatic rings. The Bertz CT molecular complexity index is 867. The summed E-state index contributed by atoms with van der Waals surface area (Å²) < 4.78 is 6.41. The minimum atomic E-state index is -0.152. The van der Waals surface area contributed by atoms with Crippen molar-refractivity contribution in [3.8, 4) is 0 Å². The third-order valence-electron chi connectivity index (χ3n) is 4.83. The molecule has 1 nitrogen and oxygen atoms in total. The Kier molecular flexibility index (Phi) is 3.29. The molecule has 0 saturated heterocycles. The molecule has 0 amide bonds. The molecule has 1 saturated carbocycles. The lowest BCUT2D eigenvalue weighted by atomic mass is 10.0. The Morgan fingerprint density at radius 1 is 0.792 bits per heavy atom. The summed E-state index contributed by atoms with van der Waals surface area (Å²) >= 11 is 0. The summed E-state index contributed by atoms with van der Waals surface area (Å²) in [5.41, 5.74) is 8.16. The fourth-order valence-corrected chi connectivity index (χ4v) is 7.81. The van der Waals surface area contributed by atoms with E-state index in [0.717, 1.165) is 18.6 Å². The minimum absolute atomic E-state index is 0.152. The van der Waals surface area contributed by atoms with Gasteiger partial charge in [-0.25, -0.2) is 0 Å². The summed E-state index contributed by atoms with van der Waals surface area (Å²) in [6.45, 7) is 4.27. The van der Waals surface area contributed by atoms with Gasteiger partial charge >= 0.3 is 0 Å². The molecule has 0 radical (unpaired) electrons. The van der Waals surface area contributed by atoms with Crippen molar-refractivity contribution in [2.45, 2.75) is 26.7 Å². The Morgan fingerprint density at radius 2 is 1.38 bits per heavy atom. The van der Waals surface area contributed by atoms with E-state index in [1.165, 1.54) is 43.2 Å². The molecule has 1 fully saturated rings. The van der Waals surface area contributed by atoms with Crippen LogP contribution in [0.5, 0.6) is 0 Å². The van der Waals surface area contributed by atoms with Gasteiger partial charge in [-0.05, 0) is 48.6 Å². The number of hydrogen-bond donors (Lipinski definition) is 0. The summed E-state index contributed by atoms with van der Waals surface area (Å²) in [5, 5.41) is 0. The fraction of sp³-hybridized carbons (Fsp3) is 0.190. The highest BCUT2D eigenvalue weighted by atomic mass is 33.1. The second kappa shape index (κ2) is 5.40. The third kappa shape index (κ3) is 2.15. The van der Waals surface area contributed by atoms with E-state index in [4.69, 9.17) is 4.18 Å². The van der Waals surface area contributed by atoms with Crippen LogP contribution >= 0.6 is 20.6 Å². The molecule has 0 spiro atoms. The molecular weight excluding hydrogens is 332 g/mol. The lowest BCUT2D eigenvalue weighted by molar-refractivity contribution is 0.609. The van der Waals surface area contributed by atoms with E-state index >= 15 is 0 Å². The molecule has 0 bridgehead atoms. The highest BCUT2D eigenvalue weighted by molar-refractivity contribution is 8.86. The van der Waals surface area contributed by atoms with E-state index in [-0.39, 0.29) is 9.80 Å². The first-order chi connectivity index (χ1) is 11.7. The molecule has 3 aliphatic rings. The Hall–Kier alpha value is -1.71. The number of aryl methyl sites for hydroxylation is 2. The van der Waals surface area contributed by atoms with E-state index in [0.29, 0.717) is 0 Å². The van der Waals surface area contributed by atoms with Crippen LogP contribution in [-0.4, -0.2) is 4.86 Å². The molecule has 2 aromatic carbocycles. The molecule has 1 aliphatic carbocycles. The summed E-state index contributed by atoms with van der Waals surface area (Å²) in [5.74, 6) is 1.12. The van der Waals surface area contributed by atoms with Gasteiger partial charge in [0.15, 0.2) is 0 Å². The molecule has 120 valence electrons. The molecular formula is C21H18OS2. The van der Waals surface area contributed by atoms with Crippen molar-refractivity contribution in [3.63, 3.8) is 0 Å². The van der Waals surface area contributed by atoms with Gasteiger partial charge in [0.2, 0.25) is 0 Å². The van der Waals surface area contributed by atoms with Crippen molar-refractivity contribution in [2.75, 3.05) is 0 Å². The molecule has 1 atom stereocenters. The van der Waals surface area contributed by atoms with Crippen LogP contribution in [0.1, 0.15) is 35.1 Å². The van der Waals surface area contributed by atoms with E-state index in [2.05, 4.69) is 62.4 Å². The second-order valence-electron chi connectivity index (χ2n) is 6.58. The van der Waals surface area contributed by atoms with Gasteiger partial charge in [0.25, 0.3) is 0 Å². The van der Waals surface area contributed by atoms with Crippen LogP contribution in [0.4, 0.5) is 0 Å². The van der Waals surface area contributed by atoms with Crippen molar-refractivity contribution in [1.82, 2.24) is 0 Å². The van der Waals surface area contributed by atoms with Crippen LogP contribution < -0.4 is 0 Å². The lowest BCUT2D eigenvalue weighted by Crippen LogP contribution is -1.93. The van der Waals surface area contributed by atoms with Gasteiger partial charge in [-0.2, -0.15) is 0 Å². The number of rotatable bonds is 2. The first-order valence-corrected chi connectivity index (χ1v) is 10.8. The zero-order valence-corrected chi connectivity index (χ0v) is 15.4. The Morgan fingerprint density at radius 3 is 2.04 bits per heavy atom. The average Bonchev–Trinajstić information content (AvgIpc) is 3.25. The molecule has 2 heterocycles. The van der Waals surface area contributed by atoms with Crippen molar-refractivity contribution in [2.24, 2.45) is 0 Å². The van der Waals surface area contributed by atoms with E-state index in [9.17, 15) is 0 Å². The molecule has 2 aliphatic heterocycles. The molecule has 0 N–H and O–H groups in total. The van der Waals surface area contributed by atoms with Gasteiger partial charge in [0.05, 0.1) is 14.7 Å². The van der Waals surface area contributed by atoms with Crippen LogP contribution in [0.15, 0.2) is 59.7 Å². The maximum Gasteiger partial charge on any atom is 0.149 e. The predicted octanol–water partition coefficient (Wildman–Crippen LogP) is 6.27. The first-order valence-electron chi connectivity index (χ1n) is 8.30. The molecule has 5 rings (SSSR count). The van der Waals surface area contributed by atoms with Crippen molar-refractivity contribution in [3.05, 3.63) is 81.9 Å². The third-order valence-corrected chi connectivity index (χ3v) is 8.44. The summed E-state index contributed by atoms with van der Waals surface area (Å²) in [6, 6.07) is 17.6. The zero-order valence-electron chi connectivity index (χ0n) is 13.8. The molecule has 1 unspecified atom stereocenters. The first kappa shape index (κ1) is 14.6. The van der Waals surface area contributed by atoms with Gasteiger partial charge in [0.1, 0.15) is 5.76 Å². The zero-order chi connectivity index (χ0) is 16.3. The van der Waals surface area contributed by atoms with Crippen LogP contribution in [0.2, 0.25) is 0 Å². The quantitative estimate of drug-likeness (QED) is 0.466. The smallest absolute Gasteiger partial charge is 0.149 e. The van der Waals surface area contributed by atoms with E-state index in [1.54, 1.807) is 0 Å². The van der Waals surface area contributed by atoms with Crippen LogP contribution in [0.25, 0.3) is 10.7 Å². The summed E-state index contributed by atoms with van der Waals surface area (Å²) in [7, 11) is 1.76. The Balaban J connectivity index is 1.56. The number of hydrogen-bond acceptors (Lipinski definition) is 2. The summed E-state index contributed by atoms with van der Waals surface area (Å²) in [4.78, 5) is 2.93. The molecule has 24 heavy (non-hydrogen) atoms. The number of benzene rings is 2. The molecule has 0 aromatic heterocycles. The lowest BCUT2D eigenvalue weighted by Gasteiger charge is -2.10.